The zero-order valence-corrected chi connectivity index (χ0v) is 14.2. The van der Waals surface area contributed by atoms with Crippen LogP contribution < -0.4 is 5.32 Å². The molecule has 1 N–H and O–H groups in total. The van der Waals surface area contributed by atoms with Gasteiger partial charge in [0.2, 0.25) is 0 Å². The van der Waals surface area contributed by atoms with E-state index in [1.54, 1.807) is 23.2 Å². The van der Waals surface area contributed by atoms with Crippen LogP contribution >= 0.6 is 0 Å². The Morgan fingerprint density at radius 3 is 2.81 bits per heavy atom. The molecule has 7 nitrogen and oxygen atoms in total. The number of benzene rings is 1. The third-order valence-electron chi connectivity index (χ3n) is 4.76. The third-order valence-corrected chi connectivity index (χ3v) is 4.76. The van der Waals surface area contributed by atoms with Crippen LogP contribution in [0.4, 0.5) is 4.79 Å². The maximum Gasteiger partial charge on any atom is 0.345 e. The van der Waals surface area contributed by atoms with E-state index in [1.165, 1.54) is 11.3 Å². The molecule has 1 aromatic carbocycles. The number of piperidine rings is 1. The molecule has 3 heterocycles. The SMILES string of the molecule is O=C(N[C@@H]1CC[C@@H]2CN1C(=O)N2OCc1ccccc1)c1cccnc1. The lowest BCUT2D eigenvalue weighted by atomic mass is 10.1. The summed E-state index contributed by atoms with van der Waals surface area (Å²) in [6.45, 7) is 0.912. The molecule has 2 bridgehead atoms. The number of amides is 3. The number of urea groups is 1. The molecule has 2 aromatic rings. The summed E-state index contributed by atoms with van der Waals surface area (Å²) < 4.78 is 0. The number of fused-ring (bicyclic) bond motifs is 2. The largest absolute Gasteiger partial charge is 0.345 e. The molecule has 2 aliphatic rings. The van der Waals surface area contributed by atoms with Crippen LogP contribution in [0.1, 0.15) is 28.8 Å². The van der Waals surface area contributed by atoms with Gasteiger partial charge in [-0.05, 0) is 30.5 Å². The van der Waals surface area contributed by atoms with Crippen molar-refractivity contribution >= 4 is 11.9 Å². The summed E-state index contributed by atoms with van der Waals surface area (Å²) in [6, 6.07) is 13.0. The highest BCUT2D eigenvalue weighted by Gasteiger charge is 2.46. The highest BCUT2D eigenvalue weighted by atomic mass is 16.7. The zero-order chi connectivity index (χ0) is 17.9. The quantitative estimate of drug-likeness (QED) is 0.895. The van der Waals surface area contributed by atoms with Gasteiger partial charge in [-0.3, -0.25) is 14.6 Å². The minimum atomic E-state index is -0.322. The van der Waals surface area contributed by atoms with Crippen molar-refractivity contribution in [2.24, 2.45) is 0 Å². The number of pyridine rings is 1. The Morgan fingerprint density at radius 1 is 1.19 bits per heavy atom. The number of rotatable bonds is 5. The normalized spacial score (nSPS) is 21.8. The molecule has 2 atom stereocenters. The second-order valence-electron chi connectivity index (χ2n) is 6.48. The van der Waals surface area contributed by atoms with Crippen molar-refractivity contribution in [1.82, 2.24) is 20.3 Å². The molecular weight excluding hydrogens is 332 g/mol. The molecule has 4 rings (SSSR count). The molecule has 3 amide bonds. The fourth-order valence-corrected chi connectivity index (χ4v) is 3.40. The van der Waals surface area contributed by atoms with Crippen LogP contribution in [0, 0.1) is 0 Å². The summed E-state index contributed by atoms with van der Waals surface area (Å²) >= 11 is 0. The summed E-state index contributed by atoms with van der Waals surface area (Å²) in [5.74, 6) is -0.224. The van der Waals surface area contributed by atoms with E-state index in [2.05, 4.69) is 10.3 Å². The van der Waals surface area contributed by atoms with Crippen molar-refractivity contribution in [2.45, 2.75) is 31.7 Å². The number of carbonyl (C=O) groups excluding carboxylic acids is 2. The highest BCUT2D eigenvalue weighted by molar-refractivity contribution is 5.94. The van der Waals surface area contributed by atoms with Crippen molar-refractivity contribution in [1.29, 1.82) is 0 Å². The molecule has 2 aliphatic heterocycles. The van der Waals surface area contributed by atoms with Gasteiger partial charge in [-0.25, -0.2) is 4.79 Å². The predicted octanol–water partition coefficient (Wildman–Crippen LogP) is 2.17. The van der Waals surface area contributed by atoms with E-state index in [-0.39, 0.29) is 24.1 Å². The maximum absolute atomic E-state index is 12.7. The van der Waals surface area contributed by atoms with Crippen LogP contribution in [0.5, 0.6) is 0 Å². The third kappa shape index (κ3) is 3.25. The topological polar surface area (TPSA) is 74.8 Å². The molecule has 2 saturated heterocycles. The Bertz CT molecular complexity index is 784. The van der Waals surface area contributed by atoms with Crippen molar-refractivity contribution in [2.75, 3.05) is 6.54 Å². The Morgan fingerprint density at radius 2 is 2.04 bits per heavy atom. The lowest BCUT2D eigenvalue weighted by Crippen LogP contribution is -2.51. The van der Waals surface area contributed by atoms with Gasteiger partial charge in [0, 0.05) is 18.9 Å². The first-order valence-electron chi connectivity index (χ1n) is 8.70. The molecule has 0 aliphatic carbocycles. The molecule has 7 heteroatoms. The van der Waals surface area contributed by atoms with E-state index >= 15 is 0 Å². The summed E-state index contributed by atoms with van der Waals surface area (Å²) in [5.41, 5.74) is 1.50. The van der Waals surface area contributed by atoms with Crippen molar-refractivity contribution in [3.8, 4) is 0 Å². The molecule has 0 spiro atoms. The van der Waals surface area contributed by atoms with E-state index in [0.29, 0.717) is 25.1 Å². The maximum atomic E-state index is 12.7. The van der Waals surface area contributed by atoms with Gasteiger partial charge in [0.05, 0.1) is 11.6 Å². The van der Waals surface area contributed by atoms with E-state index in [9.17, 15) is 9.59 Å². The number of carbonyl (C=O) groups is 2. The molecule has 1 aromatic heterocycles. The minimum absolute atomic E-state index is 0.0257. The van der Waals surface area contributed by atoms with E-state index in [1.807, 2.05) is 30.3 Å². The first-order valence-corrected chi connectivity index (χ1v) is 8.70. The summed E-state index contributed by atoms with van der Waals surface area (Å²) in [4.78, 5) is 36.5. The number of hydroxylamine groups is 2. The fraction of sp³-hybridized carbons (Fsp3) is 0.316. The Labute approximate surface area is 151 Å². The average Bonchev–Trinajstić information content (AvgIpc) is 2.94. The van der Waals surface area contributed by atoms with Gasteiger partial charge >= 0.3 is 6.03 Å². The highest BCUT2D eigenvalue weighted by Crippen LogP contribution is 2.29. The number of nitrogens with one attached hydrogen (secondary N) is 1. The van der Waals surface area contributed by atoms with Crippen LogP contribution in [-0.2, 0) is 11.4 Å². The van der Waals surface area contributed by atoms with Gasteiger partial charge in [-0.15, -0.1) is 0 Å². The van der Waals surface area contributed by atoms with Crippen LogP contribution in [-0.4, -0.2) is 45.6 Å². The molecule has 0 unspecified atom stereocenters. The summed E-state index contributed by atoms with van der Waals surface area (Å²) in [6.07, 6.45) is 4.30. The summed E-state index contributed by atoms with van der Waals surface area (Å²) in [7, 11) is 0. The second-order valence-corrected chi connectivity index (χ2v) is 6.48. The smallest absolute Gasteiger partial charge is 0.332 e. The number of hydrogen-bond acceptors (Lipinski definition) is 4. The van der Waals surface area contributed by atoms with E-state index in [4.69, 9.17) is 4.84 Å². The van der Waals surface area contributed by atoms with Crippen molar-refractivity contribution in [3.05, 3.63) is 66.0 Å². The Hall–Kier alpha value is -2.93. The first kappa shape index (κ1) is 16.5. The number of hydrogen-bond donors (Lipinski definition) is 1. The van der Waals surface area contributed by atoms with Gasteiger partial charge in [0.15, 0.2) is 0 Å². The Kier molecular flexibility index (Phi) is 4.53. The Balaban J connectivity index is 1.39. The van der Waals surface area contributed by atoms with Crippen LogP contribution in [0.2, 0.25) is 0 Å². The van der Waals surface area contributed by atoms with Gasteiger partial charge in [-0.1, -0.05) is 30.3 Å². The van der Waals surface area contributed by atoms with Crippen LogP contribution in [0.25, 0.3) is 0 Å². The summed E-state index contributed by atoms with van der Waals surface area (Å²) in [5, 5.41) is 4.39. The first-order chi connectivity index (χ1) is 12.7. The van der Waals surface area contributed by atoms with E-state index < -0.39 is 0 Å². The zero-order valence-electron chi connectivity index (χ0n) is 14.2. The molecule has 134 valence electrons. The lowest BCUT2D eigenvalue weighted by Gasteiger charge is -2.30. The van der Waals surface area contributed by atoms with Gasteiger partial charge < -0.3 is 10.2 Å². The van der Waals surface area contributed by atoms with Crippen LogP contribution in [0.15, 0.2) is 54.9 Å². The molecular formula is C19H20N4O3. The molecule has 0 saturated carbocycles. The van der Waals surface area contributed by atoms with Gasteiger partial charge in [0.1, 0.15) is 12.8 Å². The van der Waals surface area contributed by atoms with E-state index in [0.717, 1.165) is 12.0 Å². The van der Waals surface area contributed by atoms with Crippen LogP contribution in [0.3, 0.4) is 0 Å². The van der Waals surface area contributed by atoms with Gasteiger partial charge in [-0.2, -0.15) is 5.06 Å². The average molecular weight is 352 g/mol. The molecule has 2 fully saturated rings. The molecule has 26 heavy (non-hydrogen) atoms. The monoisotopic (exact) mass is 352 g/mol. The number of aromatic nitrogens is 1. The van der Waals surface area contributed by atoms with Crippen molar-refractivity contribution < 1.29 is 14.4 Å². The predicted molar refractivity (Wildman–Crippen MR) is 93.7 cm³/mol. The fourth-order valence-electron chi connectivity index (χ4n) is 3.40. The van der Waals surface area contributed by atoms with Gasteiger partial charge in [0.25, 0.3) is 5.91 Å². The second kappa shape index (κ2) is 7.13. The molecule has 0 radical (unpaired) electrons. The number of nitrogens with zero attached hydrogens (tertiary/aromatic N) is 3. The lowest BCUT2D eigenvalue weighted by molar-refractivity contribution is -0.140. The van der Waals surface area contributed by atoms with Crippen molar-refractivity contribution in [3.63, 3.8) is 0 Å². The standard InChI is InChI=1S/C19H20N4O3/c24-18(15-7-4-10-20-11-15)21-17-9-8-16-12-22(17)19(25)23(16)26-13-14-5-2-1-3-6-14/h1-7,10-11,16-17H,8-9,12-13H2,(H,21,24)/t16-,17+/m1/s1. The minimum Gasteiger partial charge on any atom is -0.332 e.